The van der Waals surface area contributed by atoms with Crippen LogP contribution < -0.4 is 9.46 Å². The molecular weight excluding hydrogens is 412 g/mol. The van der Waals surface area contributed by atoms with Crippen LogP contribution in [0.5, 0.6) is 5.75 Å². The third-order valence-electron chi connectivity index (χ3n) is 3.85. The summed E-state index contributed by atoms with van der Waals surface area (Å²) in [6, 6.07) is 7.32. The van der Waals surface area contributed by atoms with Gasteiger partial charge in [-0.05, 0) is 51.1 Å². The highest BCUT2D eigenvalue weighted by Crippen LogP contribution is 2.26. The molecule has 164 valence electrons. The first kappa shape index (κ1) is 23.4. The van der Waals surface area contributed by atoms with Crippen molar-refractivity contribution < 1.29 is 31.9 Å². The van der Waals surface area contributed by atoms with Gasteiger partial charge in [-0.3, -0.25) is 4.79 Å². The van der Waals surface area contributed by atoms with Gasteiger partial charge in [0, 0.05) is 12.6 Å². The van der Waals surface area contributed by atoms with Gasteiger partial charge >= 0.3 is 5.97 Å². The highest BCUT2D eigenvalue weighted by atomic mass is 32.2. The van der Waals surface area contributed by atoms with Gasteiger partial charge in [0.2, 0.25) is 10.0 Å². The molecule has 2 rings (SSSR count). The third kappa shape index (κ3) is 6.33. The number of nitrogens with one attached hydrogen (secondary N) is 1. The second-order valence-corrected chi connectivity index (χ2v) is 9.28. The summed E-state index contributed by atoms with van der Waals surface area (Å²) in [6.07, 6.45) is 1.50. The summed E-state index contributed by atoms with van der Waals surface area (Å²) in [5, 5.41) is 0. The number of nitrogens with zero attached hydrogens (tertiary/aromatic N) is 1. The van der Waals surface area contributed by atoms with Gasteiger partial charge in [-0.1, -0.05) is 0 Å². The maximum absolute atomic E-state index is 12.7. The molecule has 1 amide bonds. The molecule has 0 saturated carbocycles. The van der Waals surface area contributed by atoms with E-state index in [-0.39, 0.29) is 22.8 Å². The standard InChI is InChI=1S/C20H26N2O7S/c1-20(2,3)21-30(25,26)17-11-14(8-9-16(17)27-5)19(24)29-13-18(23)22(4)12-15-7-6-10-28-15/h6-11,21H,12-13H2,1-5H3. The Hall–Kier alpha value is -2.85. The van der Waals surface area contributed by atoms with Gasteiger partial charge < -0.3 is 18.8 Å². The normalized spacial score (nSPS) is 11.8. The van der Waals surface area contributed by atoms with E-state index in [0.717, 1.165) is 6.07 Å². The highest BCUT2D eigenvalue weighted by Gasteiger charge is 2.27. The summed E-state index contributed by atoms with van der Waals surface area (Å²) in [6.45, 7) is 4.82. The van der Waals surface area contributed by atoms with Crippen LogP contribution in [0.4, 0.5) is 0 Å². The average Bonchev–Trinajstić information content (AvgIpc) is 3.16. The Balaban J connectivity index is 2.11. The summed E-state index contributed by atoms with van der Waals surface area (Å²) in [4.78, 5) is 25.7. The quantitative estimate of drug-likeness (QED) is 0.628. The van der Waals surface area contributed by atoms with Crippen LogP contribution in [-0.4, -0.2) is 51.5 Å². The van der Waals surface area contributed by atoms with Crippen LogP contribution in [0.15, 0.2) is 45.9 Å². The summed E-state index contributed by atoms with van der Waals surface area (Å²) in [7, 11) is -1.08. The van der Waals surface area contributed by atoms with E-state index < -0.39 is 34.0 Å². The van der Waals surface area contributed by atoms with Gasteiger partial charge in [-0.15, -0.1) is 0 Å². The number of benzene rings is 1. The van der Waals surface area contributed by atoms with Gasteiger partial charge in [-0.2, -0.15) is 0 Å². The zero-order valence-electron chi connectivity index (χ0n) is 17.6. The third-order valence-corrected chi connectivity index (χ3v) is 5.63. The van der Waals surface area contributed by atoms with Gasteiger partial charge in [-0.25, -0.2) is 17.9 Å². The summed E-state index contributed by atoms with van der Waals surface area (Å²) >= 11 is 0. The number of methoxy groups -OCH3 is 1. The predicted octanol–water partition coefficient (Wildman–Crippen LogP) is 2.18. The summed E-state index contributed by atoms with van der Waals surface area (Å²) < 4.78 is 43.3. The molecule has 0 unspecified atom stereocenters. The lowest BCUT2D eigenvalue weighted by Crippen LogP contribution is -2.40. The van der Waals surface area contributed by atoms with Crippen molar-refractivity contribution in [2.75, 3.05) is 20.8 Å². The molecule has 2 aromatic rings. The Labute approximate surface area is 176 Å². The lowest BCUT2D eigenvalue weighted by molar-refractivity contribution is -0.133. The maximum Gasteiger partial charge on any atom is 0.338 e. The number of likely N-dealkylation sites (N-methyl/N-ethyl adjacent to an activating group) is 1. The van der Waals surface area contributed by atoms with Crippen LogP contribution in [0.2, 0.25) is 0 Å². The number of sulfonamides is 1. The van der Waals surface area contributed by atoms with E-state index in [1.807, 2.05) is 0 Å². The topological polar surface area (TPSA) is 115 Å². The number of hydrogen-bond acceptors (Lipinski definition) is 7. The SMILES string of the molecule is COc1ccc(C(=O)OCC(=O)N(C)Cc2ccco2)cc1S(=O)(=O)NC(C)(C)C. The molecule has 1 N–H and O–H groups in total. The first-order valence-electron chi connectivity index (χ1n) is 9.08. The molecule has 1 aromatic heterocycles. The Morgan fingerprint density at radius 2 is 1.90 bits per heavy atom. The second kappa shape index (κ2) is 9.31. The van der Waals surface area contributed by atoms with Crippen molar-refractivity contribution in [3.63, 3.8) is 0 Å². The smallest absolute Gasteiger partial charge is 0.338 e. The molecule has 1 heterocycles. The minimum absolute atomic E-state index is 0.0217. The van der Waals surface area contributed by atoms with Crippen LogP contribution in [0.1, 0.15) is 36.9 Å². The fraction of sp³-hybridized carbons (Fsp3) is 0.400. The molecule has 0 spiro atoms. The van der Waals surface area contributed by atoms with E-state index in [0.29, 0.717) is 5.76 Å². The van der Waals surface area contributed by atoms with Crippen molar-refractivity contribution in [2.24, 2.45) is 0 Å². The maximum atomic E-state index is 12.7. The molecular formula is C20H26N2O7S. The molecule has 0 atom stereocenters. The molecule has 10 heteroatoms. The van der Waals surface area contributed by atoms with E-state index in [9.17, 15) is 18.0 Å². The predicted molar refractivity (Wildman–Crippen MR) is 109 cm³/mol. The van der Waals surface area contributed by atoms with Crippen LogP contribution in [0.3, 0.4) is 0 Å². The van der Waals surface area contributed by atoms with Gasteiger partial charge in [0.1, 0.15) is 16.4 Å². The van der Waals surface area contributed by atoms with E-state index >= 15 is 0 Å². The molecule has 0 fully saturated rings. The second-order valence-electron chi connectivity index (χ2n) is 7.63. The minimum atomic E-state index is -3.96. The minimum Gasteiger partial charge on any atom is -0.495 e. The van der Waals surface area contributed by atoms with Crippen molar-refractivity contribution in [2.45, 2.75) is 37.8 Å². The van der Waals surface area contributed by atoms with Gasteiger partial charge in [0.25, 0.3) is 5.91 Å². The lowest BCUT2D eigenvalue weighted by Gasteiger charge is -2.21. The molecule has 0 radical (unpaired) electrons. The van der Waals surface area contributed by atoms with E-state index in [4.69, 9.17) is 13.9 Å². The Bertz CT molecular complexity index is 993. The number of carbonyl (C=O) groups excluding carboxylic acids is 2. The van der Waals surface area contributed by atoms with Crippen molar-refractivity contribution in [1.82, 2.24) is 9.62 Å². The van der Waals surface area contributed by atoms with Crippen molar-refractivity contribution in [3.8, 4) is 5.75 Å². The zero-order valence-corrected chi connectivity index (χ0v) is 18.4. The molecule has 0 saturated heterocycles. The molecule has 30 heavy (non-hydrogen) atoms. The molecule has 0 aliphatic heterocycles. The number of amides is 1. The van der Waals surface area contributed by atoms with E-state index in [1.165, 1.54) is 30.4 Å². The van der Waals surface area contributed by atoms with Gasteiger partial charge in [0.15, 0.2) is 6.61 Å². The van der Waals surface area contributed by atoms with Crippen molar-refractivity contribution in [1.29, 1.82) is 0 Å². The van der Waals surface area contributed by atoms with Gasteiger partial charge in [0.05, 0.1) is 25.5 Å². The number of hydrogen-bond donors (Lipinski definition) is 1. The fourth-order valence-corrected chi connectivity index (χ4v) is 4.13. The average molecular weight is 439 g/mol. The number of furan rings is 1. The Morgan fingerprint density at radius 1 is 1.20 bits per heavy atom. The van der Waals surface area contributed by atoms with E-state index in [2.05, 4.69) is 4.72 Å². The number of carbonyl (C=O) groups is 2. The summed E-state index contributed by atoms with van der Waals surface area (Å²) in [5.41, 5.74) is -0.752. The molecule has 0 aliphatic rings. The number of rotatable bonds is 8. The number of ether oxygens (including phenoxy) is 2. The highest BCUT2D eigenvalue weighted by molar-refractivity contribution is 7.89. The number of esters is 1. The monoisotopic (exact) mass is 438 g/mol. The molecule has 1 aromatic carbocycles. The fourth-order valence-electron chi connectivity index (χ4n) is 2.52. The van der Waals surface area contributed by atoms with Crippen LogP contribution >= 0.6 is 0 Å². The van der Waals surface area contributed by atoms with Crippen LogP contribution in [-0.2, 0) is 26.1 Å². The van der Waals surface area contributed by atoms with Crippen LogP contribution in [0, 0.1) is 0 Å². The Morgan fingerprint density at radius 3 is 2.47 bits per heavy atom. The zero-order chi connectivity index (χ0) is 22.5. The largest absolute Gasteiger partial charge is 0.495 e. The van der Waals surface area contributed by atoms with Crippen LogP contribution in [0.25, 0.3) is 0 Å². The first-order valence-corrected chi connectivity index (χ1v) is 10.6. The lowest BCUT2D eigenvalue weighted by atomic mass is 10.1. The molecule has 9 nitrogen and oxygen atoms in total. The van der Waals surface area contributed by atoms with Crippen molar-refractivity contribution >= 4 is 21.9 Å². The molecule has 0 bridgehead atoms. The molecule has 0 aliphatic carbocycles. The first-order chi connectivity index (χ1) is 13.9. The van der Waals surface area contributed by atoms with E-state index in [1.54, 1.807) is 40.0 Å². The summed E-state index contributed by atoms with van der Waals surface area (Å²) in [5.74, 6) is -0.591. The van der Waals surface area contributed by atoms with Crippen molar-refractivity contribution in [3.05, 3.63) is 47.9 Å². The Kier molecular flexibility index (Phi) is 7.27.